The highest BCUT2D eigenvalue weighted by Gasteiger charge is 2.37. The second-order valence-corrected chi connectivity index (χ2v) is 8.19. The van der Waals surface area contributed by atoms with Gasteiger partial charge in [-0.05, 0) is 36.6 Å². The van der Waals surface area contributed by atoms with Gasteiger partial charge in [-0.1, -0.05) is 24.3 Å². The smallest absolute Gasteiger partial charge is 0.289 e. The van der Waals surface area contributed by atoms with E-state index in [9.17, 15) is 22.9 Å². The third kappa shape index (κ3) is 4.15. The maximum atomic E-state index is 13.7. The van der Waals surface area contributed by atoms with Crippen molar-refractivity contribution in [2.75, 3.05) is 19.8 Å². The standard InChI is InChI=1S/C18H19FN2O5S/c19-15-5-3-4-14(12-15)18(8-10-26-11-9-18)13-20-27(24,25)17-7-2-1-6-16(17)21(22)23/h1-7,12,20H,8-11,13H2. The zero-order chi connectivity index (χ0) is 19.5. The van der Waals surface area contributed by atoms with Gasteiger partial charge in [0.1, 0.15) is 5.82 Å². The van der Waals surface area contributed by atoms with E-state index in [-0.39, 0.29) is 6.54 Å². The first kappa shape index (κ1) is 19.4. The SMILES string of the molecule is O=[N+]([O-])c1ccccc1S(=O)(=O)NCC1(c2cccc(F)c2)CCOCC1. The molecule has 0 atom stereocenters. The van der Waals surface area contributed by atoms with E-state index in [1.807, 2.05) is 0 Å². The van der Waals surface area contributed by atoms with Crippen molar-refractivity contribution < 1.29 is 22.5 Å². The van der Waals surface area contributed by atoms with Crippen LogP contribution in [0.2, 0.25) is 0 Å². The van der Waals surface area contributed by atoms with Crippen LogP contribution in [0.3, 0.4) is 0 Å². The number of sulfonamides is 1. The lowest BCUT2D eigenvalue weighted by molar-refractivity contribution is -0.387. The van der Waals surface area contributed by atoms with Gasteiger partial charge in [-0.2, -0.15) is 0 Å². The van der Waals surface area contributed by atoms with Crippen LogP contribution >= 0.6 is 0 Å². The number of benzene rings is 2. The predicted octanol–water partition coefficient (Wildman–Crippen LogP) is 2.76. The molecule has 0 saturated carbocycles. The molecule has 27 heavy (non-hydrogen) atoms. The number of nitrogens with one attached hydrogen (secondary N) is 1. The highest BCUT2D eigenvalue weighted by molar-refractivity contribution is 7.89. The number of para-hydroxylation sites is 1. The van der Waals surface area contributed by atoms with Crippen molar-refractivity contribution in [3.05, 3.63) is 70.0 Å². The zero-order valence-electron chi connectivity index (χ0n) is 14.4. The maximum Gasteiger partial charge on any atom is 0.289 e. The van der Waals surface area contributed by atoms with Gasteiger partial charge in [0.15, 0.2) is 4.90 Å². The van der Waals surface area contributed by atoms with Gasteiger partial charge >= 0.3 is 0 Å². The quantitative estimate of drug-likeness (QED) is 0.600. The number of hydrogen-bond acceptors (Lipinski definition) is 5. The summed E-state index contributed by atoms with van der Waals surface area (Å²) in [6.45, 7) is 0.835. The second-order valence-electron chi connectivity index (χ2n) is 6.45. The van der Waals surface area contributed by atoms with Crippen LogP contribution in [0.25, 0.3) is 0 Å². The summed E-state index contributed by atoms with van der Waals surface area (Å²) in [6, 6.07) is 11.2. The molecule has 1 heterocycles. The number of ether oxygens (including phenoxy) is 1. The molecule has 0 aromatic heterocycles. The number of nitro benzene ring substituents is 1. The molecule has 2 aromatic rings. The van der Waals surface area contributed by atoms with Gasteiger partial charge in [0.25, 0.3) is 5.69 Å². The molecule has 1 fully saturated rings. The lowest BCUT2D eigenvalue weighted by Gasteiger charge is -2.37. The van der Waals surface area contributed by atoms with E-state index in [4.69, 9.17) is 4.74 Å². The molecule has 1 N–H and O–H groups in total. The maximum absolute atomic E-state index is 13.7. The molecule has 0 amide bonds. The molecule has 7 nitrogen and oxygen atoms in total. The van der Waals surface area contributed by atoms with Crippen LogP contribution in [0, 0.1) is 15.9 Å². The Morgan fingerprint density at radius 3 is 2.52 bits per heavy atom. The third-order valence-electron chi connectivity index (χ3n) is 4.84. The summed E-state index contributed by atoms with van der Waals surface area (Å²) in [5.41, 5.74) is -0.454. The fourth-order valence-electron chi connectivity index (χ4n) is 3.29. The Morgan fingerprint density at radius 1 is 1.15 bits per heavy atom. The average molecular weight is 394 g/mol. The summed E-state index contributed by atoms with van der Waals surface area (Å²) >= 11 is 0. The number of nitro groups is 1. The summed E-state index contributed by atoms with van der Waals surface area (Å²) in [4.78, 5) is 10.0. The molecule has 0 unspecified atom stereocenters. The first-order valence-corrected chi connectivity index (χ1v) is 9.89. The average Bonchev–Trinajstić information content (AvgIpc) is 2.67. The fraction of sp³-hybridized carbons (Fsp3) is 0.333. The Bertz CT molecular complexity index is 942. The summed E-state index contributed by atoms with van der Waals surface area (Å²) in [7, 11) is -4.12. The minimum atomic E-state index is -4.12. The number of halogens is 1. The minimum Gasteiger partial charge on any atom is -0.381 e. The topological polar surface area (TPSA) is 98.5 Å². The van der Waals surface area contributed by atoms with Crippen LogP contribution in [-0.4, -0.2) is 33.1 Å². The van der Waals surface area contributed by atoms with Gasteiger partial charge in [0.2, 0.25) is 10.0 Å². The van der Waals surface area contributed by atoms with E-state index in [0.29, 0.717) is 31.6 Å². The van der Waals surface area contributed by atoms with Crippen LogP contribution in [-0.2, 0) is 20.2 Å². The summed E-state index contributed by atoms with van der Waals surface area (Å²) < 4.78 is 47.0. The Hall–Kier alpha value is -2.36. The Balaban J connectivity index is 1.91. The molecular formula is C18H19FN2O5S. The Labute approximate surface area is 156 Å². The number of nitrogens with zero attached hydrogens (tertiary/aromatic N) is 1. The van der Waals surface area contributed by atoms with Crippen molar-refractivity contribution in [1.82, 2.24) is 4.72 Å². The van der Waals surface area contributed by atoms with Crippen LogP contribution in [0.4, 0.5) is 10.1 Å². The highest BCUT2D eigenvalue weighted by Crippen LogP contribution is 2.35. The van der Waals surface area contributed by atoms with Gasteiger partial charge in [-0.15, -0.1) is 0 Å². The van der Waals surface area contributed by atoms with E-state index >= 15 is 0 Å². The number of hydrogen-bond donors (Lipinski definition) is 1. The van der Waals surface area contributed by atoms with Gasteiger partial charge in [0, 0.05) is 31.2 Å². The fourth-order valence-corrected chi connectivity index (χ4v) is 4.59. The van der Waals surface area contributed by atoms with Crippen molar-refractivity contribution in [3.8, 4) is 0 Å². The first-order chi connectivity index (χ1) is 12.8. The lowest BCUT2D eigenvalue weighted by Crippen LogP contribution is -2.44. The largest absolute Gasteiger partial charge is 0.381 e. The van der Waals surface area contributed by atoms with E-state index in [2.05, 4.69) is 4.72 Å². The monoisotopic (exact) mass is 394 g/mol. The third-order valence-corrected chi connectivity index (χ3v) is 6.29. The van der Waals surface area contributed by atoms with Gasteiger partial charge in [-0.3, -0.25) is 10.1 Å². The van der Waals surface area contributed by atoms with Crippen molar-refractivity contribution in [3.63, 3.8) is 0 Å². The van der Waals surface area contributed by atoms with Crippen molar-refractivity contribution in [2.45, 2.75) is 23.2 Å². The molecule has 3 rings (SSSR count). The summed E-state index contributed by atoms with van der Waals surface area (Å²) in [5.74, 6) is -0.403. The normalized spacial score (nSPS) is 16.8. The van der Waals surface area contributed by atoms with Crippen molar-refractivity contribution >= 4 is 15.7 Å². The summed E-state index contributed by atoms with van der Waals surface area (Å²) in [5, 5.41) is 11.2. The van der Waals surface area contributed by atoms with Crippen LogP contribution < -0.4 is 4.72 Å². The molecule has 1 aliphatic rings. The van der Waals surface area contributed by atoms with Crippen molar-refractivity contribution in [2.24, 2.45) is 0 Å². The second kappa shape index (κ2) is 7.71. The number of rotatable bonds is 6. The molecule has 0 spiro atoms. The van der Waals surface area contributed by atoms with Gasteiger partial charge < -0.3 is 4.74 Å². The zero-order valence-corrected chi connectivity index (χ0v) is 15.2. The van der Waals surface area contributed by atoms with Crippen LogP contribution in [0.15, 0.2) is 53.4 Å². The minimum absolute atomic E-state index is 0.00576. The summed E-state index contributed by atoms with van der Waals surface area (Å²) in [6.07, 6.45) is 1.02. The molecule has 1 saturated heterocycles. The molecule has 1 aliphatic heterocycles. The highest BCUT2D eigenvalue weighted by atomic mass is 32.2. The Kier molecular flexibility index (Phi) is 5.54. The molecule has 2 aromatic carbocycles. The Morgan fingerprint density at radius 2 is 1.85 bits per heavy atom. The van der Waals surface area contributed by atoms with Gasteiger partial charge in [-0.25, -0.2) is 17.5 Å². The van der Waals surface area contributed by atoms with Crippen molar-refractivity contribution in [1.29, 1.82) is 0 Å². The van der Waals surface area contributed by atoms with E-state index < -0.39 is 36.8 Å². The van der Waals surface area contributed by atoms with E-state index in [1.165, 1.54) is 30.3 Å². The molecule has 0 radical (unpaired) electrons. The molecule has 9 heteroatoms. The van der Waals surface area contributed by atoms with E-state index in [1.54, 1.807) is 12.1 Å². The van der Waals surface area contributed by atoms with Crippen LogP contribution in [0.1, 0.15) is 18.4 Å². The predicted molar refractivity (Wildman–Crippen MR) is 96.4 cm³/mol. The molecule has 144 valence electrons. The molecule has 0 aliphatic carbocycles. The lowest BCUT2D eigenvalue weighted by atomic mass is 9.74. The van der Waals surface area contributed by atoms with Crippen LogP contribution in [0.5, 0.6) is 0 Å². The molecule has 0 bridgehead atoms. The van der Waals surface area contributed by atoms with Gasteiger partial charge in [0.05, 0.1) is 4.92 Å². The van der Waals surface area contributed by atoms with E-state index in [0.717, 1.165) is 6.07 Å². The molecular weight excluding hydrogens is 375 g/mol. The first-order valence-electron chi connectivity index (χ1n) is 8.41.